The van der Waals surface area contributed by atoms with E-state index in [2.05, 4.69) is 4.98 Å². The number of aryl methyl sites for hydroxylation is 1. The smallest absolute Gasteiger partial charge is 0.252 e. The largest absolute Gasteiger partial charge is 0.489 e. The monoisotopic (exact) mass is 352 g/mol. The quantitative estimate of drug-likeness (QED) is 0.830. The average molecular weight is 352 g/mol. The minimum absolute atomic E-state index is 0.0418. The van der Waals surface area contributed by atoms with Gasteiger partial charge in [0.2, 0.25) is 0 Å². The lowest BCUT2D eigenvalue weighted by atomic mass is 10.1. The Morgan fingerprint density at radius 3 is 2.70 bits per heavy atom. The highest BCUT2D eigenvalue weighted by molar-refractivity contribution is 7.91. The second-order valence-corrected chi connectivity index (χ2v) is 8.82. The molecule has 3 rings (SSSR count). The lowest BCUT2D eigenvalue weighted by Crippen LogP contribution is -2.41. The number of piperidine rings is 1. The van der Waals surface area contributed by atoms with E-state index in [1.807, 2.05) is 25.1 Å². The van der Waals surface area contributed by atoms with Gasteiger partial charge in [-0.2, -0.15) is 4.31 Å². The molecule has 0 aromatic carbocycles. The summed E-state index contributed by atoms with van der Waals surface area (Å²) < 4.78 is 33.2. The Morgan fingerprint density at radius 2 is 2.09 bits per heavy atom. The van der Waals surface area contributed by atoms with Crippen molar-refractivity contribution in [2.75, 3.05) is 13.1 Å². The molecule has 1 saturated heterocycles. The molecule has 1 aliphatic rings. The van der Waals surface area contributed by atoms with Crippen molar-refractivity contribution in [1.82, 2.24) is 9.29 Å². The van der Waals surface area contributed by atoms with Crippen LogP contribution in [0.1, 0.15) is 24.6 Å². The Hall–Kier alpha value is -1.44. The number of nitrogens with zero attached hydrogens (tertiary/aromatic N) is 2. The number of sulfonamides is 1. The lowest BCUT2D eigenvalue weighted by molar-refractivity contribution is 0.135. The summed E-state index contributed by atoms with van der Waals surface area (Å²) in [6, 6.07) is 7.32. The molecular weight excluding hydrogens is 332 g/mol. The van der Waals surface area contributed by atoms with Crippen LogP contribution in [-0.4, -0.2) is 36.9 Å². The van der Waals surface area contributed by atoms with Crippen LogP contribution in [-0.2, 0) is 16.4 Å². The fourth-order valence-corrected chi connectivity index (χ4v) is 5.53. The Morgan fingerprint density at radius 1 is 1.30 bits per heavy atom. The summed E-state index contributed by atoms with van der Waals surface area (Å²) in [5.41, 5.74) is 0. The molecule has 5 nitrogen and oxygen atoms in total. The highest BCUT2D eigenvalue weighted by Gasteiger charge is 2.31. The average Bonchev–Trinajstić information content (AvgIpc) is 3.06. The lowest BCUT2D eigenvalue weighted by Gasteiger charge is -2.31. The fraction of sp³-hybridized carbons (Fsp3) is 0.438. The van der Waals surface area contributed by atoms with E-state index >= 15 is 0 Å². The zero-order valence-corrected chi connectivity index (χ0v) is 14.6. The minimum Gasteiger partial charge on any atom is -0.489 e. The Kier molecular flexibility index (Phi) is 4.99. The predicted octanol–water partition coefficient (Wildman–Crippen LogP) is 2.94. The molecular formula is C16H20N2O3S2. The van der Waals surface area contributed by atoms with Gasteiger partial charge in [0.05, 0.1) is 6.20 Å². The molecule has 0 spiro atoms. The molecule has 23 heavy (non-hydrogen) atoms. The van der Waals surface area contributed by atoms with Crippen LogP contribution in [0.3, 0.4) is 0 Å². The van der Waals surface area contributed by atoms with Gasteiger partial charge in [-0.3, -0.25) is 4.98 Å². The maximum absolute atomic E-state index is 12.7. The van der Waals surface area contributed by atoms with Crippen molar-refractivity contribution in [1.29, 1.82) is 0 Å². The van der Waals surface area contributed by atoms with Gasteiger partial charge in [-0.1, -0.05) is 6.92 Å². The van der Waals surface area contributed by atoms with E-state index in [0.717, 1.165) is 17.0 Å². The molecule has 0 radical (unpaired) electrons. The second-order valence-electron chi connectivity index (χ2n) is 5.48. The van der Waals surface area contributed by atoms with E-state index in [1.165, 1.54) is 11.3 Å². The number of hydrogen-bond acceptors (Lipinski definition) is 5. The summed E-state index contributed by atoms with van der Waals surface area (Å²) in [5.74, 6) is 0.736. The van der Waals surface area contributed by atoms with Crippen molar-refractivity contribution in [3.63, 3.8) is 0 Å². The highest BCUT2D eigenvalue weighted by atomic mass is 32.2. The molecule has 7 heteroatoms. The van der Waals surface area contributed by atoms with Crippen molar-refractivity contribution in [3.8, 4) is 5.75 Å². The summed E-state index contributed by atoms with van der Waals surface area (Å²) in [5, 5.41) is 0. The van der Waals surface area contributed by atoms with E-state index in [-0.39, 0.29) is 6.10 Å². The topological polar surface area (TPSA) is 59.5 Å². The highest BCUT2D eigenvalue weighted by Crippen LogP contribution is 2.28. The van der Waals surface area contributed by atoms with Crippen molar-refractivity contribution in [2.45, 2.75) is 36.5 Å². The number of pyridine rings is 1. The molecule has 1 aliphatic heterocycles. The van der Waals surface area contributed by atoms with Gasteiger partial charge < -0.3 is 4.74 Å². The van der Waals surface area contributed by atoms with Crippen LogP contribution in [0.5, 0.6) is 5.75 Å². The molecule has 1 fully saturated rings. The normalized spacial score (nSPS) is 17.3. The zero-order valence-electron chi connectivity index (χ0n) is 13.0. The van der Waals surface area contributed by atoms with Crippen molar-refractivity contribution in [3.05, 3.63) is 41.5 Å². The first-order chi connectivity index (χ1) is 11.1. The number of rotatable bonds is 5. The van der Waals surface area contributed by atoms with Gasteiger partial charge in [-0.15, -0.1) is 11.3 Å². The molecule has 124 valence electrons. The van der Waals surface area contributed by atoms with Crippen LogP contribution in [0.4, 0.5) is 0 Å². The molecule has 0 saturated carbocycles. The van der Waals surface area contributed by atoms with Gasteiger partial charge in [0.1, 0.15) is 16.1 Å². The third kappa shape index (κ3) is 3.73. The van der Waals surface area contributed by atoms with Gasteiger partial charge in [-0.05, 0) is 43.5 Å². The molecule has 0 N–H and O–H groups in total. The molecule has 0 aliphatic carbocycles. The van der Waals surface area contributed by atoms with Crippen LogP contribution in [0.15, 0.2) is 40.9 Å². The summed E-state index contributed by atoms with van der Waals surface area (Å²) in [6.07, 6.45) is 5.68. The molecule has 0 amide bonds. The van der Waals surface area contributed by atoms with Gasteiger partial charge >= 0.3 is 0 Å². The predicted molar refractivity (Wildman–Crippen MR) is 90.3 cm³/mol. The standard InChI is InChI=1S/C16H20N2O3S2/c1-2-15-5-6-16(22-15)23(19,20)18-10-7-13(8-11-18)21-14-4-3-9-17-12-14/h3-6,9,12-13H,2,7-8,10-11H2,1H3. The van der Waals surface area contributed by atoms with Gasteiger partial charge in [-0.25, -0.2) is 8.42 Å². The number of hydrogen-bond donors (Lipinski definition) is 0. The van der Waals surface area contributed by atoms with Crippen molar-refractivity contribution < 1.29 is 13.2 Å². The molecule has 0 bridgehead atoms. The van der Waals surface area contributed by atoms with E-state index in [9.17, 15) is 8.42 Å². The minimum atomic E-state index is -3.36. The van der Waals surface area contributed by atoms with Crippen LogP contribution in [0.2, 0.25) is 0 Å². The number of thiophene rings is 1. The van der Waals surface area contributed by atoms with E-state index in [4.69, 9.17) is 4.74 Å². The molecule has 3 heterocycles. The van der Waals surface area contributed by atoms with Crippen molar-refractivity contribution >= 4 is 21.4 Å². The second kappa shape index (κ2) is 6.98. The summed E-state index contributed by atoms with van der Waals surface area (Å²) >= 11 is 1.37. The first kappa shape index (κ1) is 16.4. The van der Waals surface area contributed by atoms with E-state index in [1.54, 1.807) is 22.8 Å². The van der Waals surface area contributed by atoms with Gasteiger partial charge in [0, 0.05) is 24.2 Å². The SMILES string of the molecule is CCc1ccc(S(=O)(=O)N2CCC(Oc3cccnc3)CC2)s1. The summed E-state index contributed by atoms with van der Waals surface area (Å²) in [4.78, 5) is 5.12. The Labute approximate surface area is 141 Å². The van der Waals surface area contributed by atoms with Gasteiger partial charge in [0.25, 0.3) is 10.0 Å². The third-order valence-corrected chi connectivity index (χ3v) is 7.51. The van der Waals surface area contributed by atoms with Crippen LogP contribution >= 0.6 is 11.3 Å². The van der Waals surface area contributed by atoms with Crippen LogP contribution in [0.25, 0.3) is 0 Å². The third-order valence-electron chi connectivity index (χ3n) is 3.92. The summed E-state index contributed by atoms with van der Waals surface area (Å²) in [7, 11) is -3.36. The zero-order chi connectivity index (χ0) is 16.3. The Bertz CT molecular complexity index is 736. The molecule has 0 unspecified atom stereocenters. The number of aromatic nitrogens is 1. The molecule has 0 atom stereocenters. The van der Waals surface area contributed by atoms with Crippen LogP contribution in [0, 0.1) is 0 Å². The van der Waals surface area contributed by atoms with Crippen LogP contribution < -0.4 is 4.74 Å². The Balaban J connectivity index is 1.62. The van der Waals surface area contributed by atoms with E-state index in [0.29, 0.717) is 30.1 Å². The first-order valence-corrected chi connectivity index (χ1v) is 10.0. The van der Waals surface area contributed by atoms with E-state index < -0.39 is 10.0 Å². The molecule has 2 aromatic rings. The van der Waals surface area contributed by atoms with Crippen molar-refractivity contribution in [2.24, 2.45) is 0 Å². The first-order valence-electron chi connectivity index (χ1n) is 7.75. The molecule has 2 aromatic heterocycles. The number of ether oxygens (including phenoxy) is 1. The maximum atomic E-state index is 12.7. The van der Waals surface area contributed by atoms with Gasteiger partial charge in [0.15, 0.2) is 0 Å². The maximum Gasteiger partial charge on any atom is 0.252 e. The summed E-state index contributed by atoms with van der Waals surface area (Å²) in [6.45, 7) is 3.02. The fourth-order valence-electron chi connectivity index (χ4n) is 2.61.